The second-order valence-corrected chi connectivity index (χ2v) is 11.7. The van der Waals surface area contributed by atoms with Gasteiger partial charge < -0.3 is 9.73 Å². The molecule has 9 nitrogen and oxygen atoms in total. The van der Waals surface area contributed by atoms with E-state index in [2.05, 4.69) is 48.4 Å². The van der Waals surface area contributed by atoms with E-state index >= 15 is 0 Å². The lowest BCUT2D eigenvalue weighted by atomic mass is 9.87. The van der Waals surface area contributed by atoms with E-state index in [9.17, 15) is 13.2 Å². The summed E-state index contributed by atoms with van der Waals surface area (Å²) >= 11 is 1.25. The Morgan fingerprint density at radius 2 is 1.75 bits per heavy atom. The maximum Gasteiger partial charge on any atom is 0.238 e. The van der Waals surface area contributed by atoms with Crippen molar-refractivity contribution in [3.8, 4) is 11.4 Å². The van der Waals surface area contributed by atoms with E-state index in [1.807, 2.05) is 28.8 Å². The number of thioether (sulfide) groups is 1. The highest BCUT2D eigenvalue weighted by molar-refractivity contribution is 7.99. The molecule has 2 heterocycles. The van der Waals surface area contributed by atoms with Gasteiger partial charge in [0.15, 0.2) is 11.0 Å². The van der Waals surface area contributed by atoms with Crippen LogP contribution in [0.5, 0.6) is 0 Å². The topological polar surface area (TPSA) is 133 Å². The second-order valence-electron chi connectivity index (χ2n) is 9.21. The summed E-state index contributed by atoms with van der Waals surface area (Å²) in [4.78, 5) is 12.5. The van der Waals surface area contributed by atoms with Gasteiger partial charge in [0.05, 0.1) is 23.5 Å². The fourth-order valence-corrected chi connectivity index (χ4v) is 4.74. The monoisotopic (exact) mass is 525 g/mol. The average Bonchev–Trinajstić information content (AvgIpc) is 3.47. The third-order valence-electron chi connectivity index (χ3n) is 5.42. The van der Waals surface area contributed by atoms with Crippen LogP contribution in [0.4, 0.5) is 5.69 Å². The summed E-state index contributed by atoms with van der Waals surface area (Å²) in [6.07, 6.45) is 1.61. The van der Waals surface area contributed by atoms with Crippen LogP contribution in [-0.4, -0.2) is 34.8 Å². The Hall–Kier alpha value is -3.41. The van der Waals surface area contributed by atoms with Gasteiger partial charge >= 0.3 is 0 Å². The van der Waals surface area contributed by atoms with Crippen molar-refractivity contribution in [2.24, 2.45) is 5.14 Å². The molecule has 4 aromatic rings. The van der Waals surface area contributed by atoms with Crippen LogP contribution in [0.3, 0.4) is 0 Å². The molecular formula is C25H27N5O4S2. The van der Waals surface area contributed by atoms with Crippen molar-refractivity contribution in [1.82, 2.24) is 14.8 Å². The van der Waals surface area contributed by atoms with Crippen LogP contribution in [0, 0.1) is 0 Å². The molecular weight excluding hydrogens is 498 g/mol. The predicted molar refractivity (Wildman–Crippen MR) is 139 cm³/mol. The smallest absolute Gasteiger partial charge is 0.238 e. The molecule has 36 heavy (non-hydrogen) atoms. The van der Waals surface area contributed by atoms with Crippen molar-refractivity contribution in [3.63, 3.8) is 0 Å². The number of amides is 1. The van der Waals surface area contributed by atoms with Gasteiger partial charge in [0, 0.05) is 11.3 Å². The van der Waals surface area contributed by atoms with Gasteiger partial charge in [0.25, 0.3) is 0 Å². The fourth-order valence-electron chi connectivity index (χ4n) is 3.48. The third-order valence-corrected chi connectivity index (χ3v) is 7.31. The summed E-state index contributed by atoms with van der Waals surface area (Å²) in [6, 6.07) is 17.6. The Morgan fingerprint density at radius 1 is 1.06 bits per heavy atom. The summed E-state index contributed by atoms with van der Waals surface area (Å²) in [5.41, 5.74) is 2.62. The van der Waals surface area contributed by atoms with E-state index in [-0.39, 0.29) is 22.0 Å². The Balaban J connectivity index is 1.51. The van der Waals surface area contributed by atoms with E-state index in [1.165, 1.54) is 41.6 Å². The minimum absolute atomic E-state index is 0.0241. The molecule has 3 N–H and O–H groups in total. The Labute approximate surface area is 214 Å². The van der Waals surface area contributed by atoms with Crippen LogP contribution in [-0.2, 0) is 26.8 Å². The number of aromatic nitrogens is 3. The molecule has 2 aromatic carbocycles. The van der Waals surface area contributed by atoms with Crippen LogP contribution < -0.4 is 10.5 Å². The van der Waals surface area contributed by atoms with Gasteiger partial charge in [-0.25, -0.2) is 13.6 Å². The number of furan rings is 1. The number of nitrogens with one attached hydrogen (secondary N) is 1. The van der Waals surface area contributed by atoms with Crippen LogP contribution in [0.25, 0.3) is 11.4 Å². The van der Waals surface area contributed by atoms with Crippen LogP contribution in [0.1, 0.15) is 32.1 Å². The number of nitrogens with zero attached hydrogens (tertiary/aromatic N) is 3. The second kappa shape index (κ2) is 10.3. The first-order valence-electron chi connectivity index (χ1n) is 11.1. The number of carbonyl (C=O) groups is 1. The normalized spacial score (nSPS) is 12.0. The number of nitrogens with two attached hydrogens (primary N) is 1. The van der Waals surface area contributed by atoms with Gasteiger partial charge in [-0.2, -0.15) is 0 Å². The van der Waals surface area contributed by atoms with Gasteiger partial charge in [-0.05, 0) is 47.4 Å². The van der Waals surface area contributed by atoms with Gasteiger partial charge in [-0.15, -0.1) is 10.2 Å². The molecule has 0 radical (unpaired) electrons. The van der Waals surface area contributed by atoms with Crippen LogP contribution >= 0.6 is 11.8 Å². The van der Waals surface area contributed by atoms with Crippen molar-refractivity contribution in [1.29, 1.82) is 0 Å². The number of sulfonamides is 1. The van der Waals surface area contributed by atoms with Gasteiger partial charge in [-0.3, -0.25) is 9.36 Å². The number of primary sulfonamides is 1. The highest BCUT2D eigenvalue weighted by Gasteiger charge is 2.19. The minimum Gasteiger partial charge on any atom is -0.467 e. The largest absolute Gasteiger partial charge is 0.467 e. The molecule has 0 aliphatic heterocycles. The molecule has 0 fully saturated rings. The Kier molecular flexibility index (Phi) is 7.34. The van der Waals surface area contributed by atoms with Crippen molar-refractivity contribution >= 4 is 33.4 Å². The lowest BCUT2D eigenvalue weighted by Crippen LogP contribution is -2.15. The molecule has 0 spiro atoms. The number of carbonyl (C=O) groups excluding carboxylic acids is 1. The quantitative estimate of drug-likeness (QED) is 0.328. The summed E-state index contributed by atoms with van der Waals surface area (Å²) in [6.45, 7) is 6.90. The highest BCUT2D eigenvalue weighted by atomic mass is 32.2. The van der Waals surface area contributed by atoms with Gasteiger partial charge in [-0.1, -0.05) is 56.8 Å². The first kappa shape index (κ1) is 25.7. The van der Waals surface area contributed by atoms with Crippen molar-refractivity contribution in [2.45, 2.75) is 42.8 Å². The third kappa shape index (κ3) is 6.23. The van der Waals surface area contributed by atoms with Gasteiger partial charge in [0.1, 0.15) is 5.76 Å². The number of anilines is 1. The molecule has 0 aliphatic rings. The molecule has 0 aliphatic carbocycles. The SMILES string of the molecule is CC(C)(C)c1ccc(-c2nnc(SCC(=O)Nc3ccc(S(N)(=O)=O)cc3)n2Cc2ccco2)cc1. The average molecular weight is 526 g/mol. The molecule has 0 saturated carbocycles. The molecule has 2 aromatic heterocycles. The number of hydrogen-bond acceptors (Lipinski definition) is 7. The van der Waals surface area contributed by atoms with Crippen molar-refractivity contribution < 1.29 is 17.6 Å². The van der Waals surface area contributed by atoms with E-state index in [1.54, 1.807) is 6.26 Å². The maximum absolute atomic E-state index is 12.6. The molecule has 0 atom stereocenters. The first-order chi connectivity index (χ1) is 17.0. The zero-order chi connectivity index (χ0) is 25.9. The molecule has 0 bridgehead atoms. The highest BCUT2D eigenvalue weighted by Crippen LogP contribution is 2.28. The van der Waals surface area contributed by atoms with Crippen LogP contribution in [0.15, 0.2) is 81.4 Å². The Bertz CT molecular complexity index is 1440. The van der Waals surface area contributed by atoms with E-state index in [4.69, 9.17) is 9.56 Å². The number of benzene rings is 2. The molecule has 1 amide bonds. The number of rotatable bonds is 8. The number of hydrogen-bond donors (Lipinski definition) is 2. The summed E-state index contributed by atoms with van der Waals surface area (Å²) < 4.78 is 30.3. The predicted octanol–water partition coefficient (Wildman–Crippen LogP) is 4.26. The van der Waals surface area contributed by atoms with Crippen molar-refractivity contribution in [2.75, 3.05) is 11.1 Å². The minimum atomic E-state index is -3.79. The Morgan fingerprint density at radius 3 is 2.33 bits per heavy atom. The van der Waals surface area contributed by atoms with E-state index in [0.717, 1.165) is 11.3 Å². The lowest BCUT2D eigenvalue weighted by molar-refractivity contribution is -0.113. The lowest BCUT2D eigenvalue weighted by Gasteiger charge is -2.19. The molecule has 0 saturated heterocycles. The van der Waals surface area contributed by atoms with Crippen LogP contribution in [0.2, 0.25) is 0 Å². The molecule has 11 heteroatoms. The van der Waals surface area contributed by atoms with Crippen molar-refractivity contribution in [3.05, 3.63) is 78.3 Å². The standard InChI is InChI=1S/C25H27N5O4S2/c1-25(2,3)18-8-6-17(7-9-18)23-28-29-24(30(23)15-20-5-4-14-34-20)35-16-22(31)27-19-10-12-21(13-11-19)36(26,32)33/h4-14H,15-16H2,1-3H3,(H,27,31)(H2,26,32,33). The first-order valence-corrected chi connectivity index (χ1v) is 13.7. The fraction of sp³-hybridized carbons (Fsp3) is 0.240. The van der Waals surface area contributed by atoms with E-state index < -0.39 is 10.0 Å². The maximum atomic E-state index is 12.6. The summed E-state index contributed by atoms with van der Waals surface area (Å²) in [7, 11) is -3.79. The zero-order valence-electron chi connectivity index (χ0n) is 20.1. The summed E-state index contributed by atoms with van der Waals surface area (Å²) in [5, 5.41) is 17.2. The van der Waals surface area contributed by atoms with E-state index in [0.29, 0.717) is 23.2 Å². The molecule has 4 rings (SSSR count). The van der Waals surface area contributed by atoms with Gasteiger partial charge in [0.2, 0.25) is 15.9 Å². The summed E-state index contributed by atoms with van der Waals surface area (Å²) in [5.74, 6) is 1.22. The molecule has 188 valence electrons. The zero-order valence-corrected chi connectivity index (χ0v) is 21.8. The molecule has 0 unspecified atom stereocenters.